The lowest BCUT2D eigenvalue weighted by Gasteiger charge is -2.28. The zero-order valence-corrected chi connectivity index (χ0v) is 25.1. The van der Waals surface area contributed by atoms with Crippen molar-refractivity contribution in [3.05, 3.63) is 36.7 Å². The second-order valence-corrected chi connectivity index (χ2v) is 13.0. The predicted octanol–water partition coefficient (Wildman–Crippen LogP) is 3.22. The maximum absolute atomic E-state index is 15.8. The fourth-order valence-electron chi connectivity index (χ4n) is 3.93. The van der Waals surface area contributed by atoms with Crippen molar-refractivity contribution in [2.75, 3.05) is 18.9 Å². The molecule has 3 heterocycles. The van der Waals surface area contributed by atoms with Gasteiger partial charge in [0.05, 0.1) is 25.6 Å². The molecule has 17 heteroatoms. The molecule has 1 fully saturated rings. The van der Waals surface area contributed by atoms with E-state index in [4.69, 9.17) is 52.4 Å². The number of nitrogens with zero attached hydrogens (tertiary/aromatic N) is 4. The van der Waals surface area contributed by atoms with Crippen molar-refractivity contribution in [3.8, 4) is 11.6 Å². The average molecular weight is 633 g/mol. The molecule has 1 aromatic carbocycles. The van der Waals surface area contributed by atoms with Crippen LogP contribution in [0.4, 0.5) is 10.3 Å². The zero-order valence-electron chi connectivity index (χ0n) is 22.6. The summed E-state index contributed by atoms with van der Waals surface area (Å²) in [6.45, 7) is 3.04. The van der Waals surface area contributed by atoms with Crippen molar-refractivity contribution in [3.63, 3.8) is 0 Å². The van der Waals surface area contributed by atoms with Crippen LogP contribution in [0.2, 0.25) is 0 Å². The molecule has 0 spiro atoms. The van der Waals surface area contributed by atoms with E-state index in [1.807, 2.05) is 0 Å². The van der Waals surface area contributed by atoms with E-state index in [2.05, 4.69) is 20.0 Å². The van der Waals surface area contributed by atoms with Crippen LogP contribution in [0.3, 0.4) is 0 Å². The van der Waals surface area contributed by atoms with Crippen LogP contribution in [0.1, 0.15) is 33.9 Å². The molecule has 6 atom stereocenters. The van der Waals surface area contributed by atoms with E-state index in [1.54, 1.807) is 58.0 Å². The topological polar surface area (TPSA) is 165 Å². The van der Waals surface area contributed by atoms with Crippen molar-refractivity contribution in [2.24, 2.45) is 0 Å². The molecule has 0 aliphatic carbocycles. The number of aromatic nitrogens is 4. The van der Waals surface area contributed by atoms with Crippen LogP contribution in [0.5, 0.6) is 11.6 Å². The van der Waals surface area contributed by atoms with Gasteiger partial charge in [0, 0.05) is 0 Å². The van der Waals surface area contributed by atoms with E-state index in [1.165, 1.54) is 10.9 Å². The highest BCUT2D eigenvalue weighted by Gasteiger charge is 2.58. The highest BCUT2D eigenvalue weighted by Crippen LogP contribution is 2.49. The van der Waals surface area contributed by atoms with Gasteiger partial charge in [-0.25, -0.2) is 14.5 Å². The monoisotopic (exact) mass is 632 g/mol. The first-order chi connectivity index (χ1) is 19.3. The highest BCUT2D eigenvalue weighted by atomic mass is 35.5. The molecule has 0 bridgehead atoms. The molecule has 2 aromatic heterocycles. The summed E-state index contributed by atoms with van der Waals surface area (Å²) in [4.78, 5) is 24.8. The Labute approximate surface area is 245 Å². The number of aliphatic hydroxyl groups excluding tert-OH is 1. The summed E-state index contributed by atoms with van der Waals surface area (Å²) in [6, 6.07) is 7.64. The maximum atomic E-state index is 15.8. The zero-order chi connectivity index (χ0) is 29.9. The molecule has 1 saturated heterocycles. The van der Waals surface area contributed by atoms with Gasteiger partial charge in [0.25, 0.3) is 5.13 Å². The van der Waals surface area contributed by atoms with Gasteiger partial charge >= 0.3 is 12.6 Å². The normalized spacial score (nSPS) is 24.7. The molecule has 0 radical (unpaired) electrons. The third-order valence-corrected chi connectivity index (χ3v) is 8.66. The van der Waals surface area contributed by atoms with Crippen molar-refractivity contribution in [1.82, 2.24) is 24.6 Å². The molecule has 41 heavy (non-hydrogen) atoms. The Hall–Kier alpha value is -2.65. The number of benzene rings is 1. The molecule has 4 N–H and O–H groups in total. The smallest absolute Gasteiger partial charge is 0.323 e. The molecule has 0 saturated carbocycles. The number of esters is 1. The fraction of sp³-hybridized carbons (Fsp3) is 0.500. The van der Waals surface area contributed by atoms with E-state index in [9.17, 15) is 9.90 Å². The minimum atomic E-state index is -3.50. The number of hydrogen-bond donors (Lipinski definition) is 3. The van der Waals surface area contributed by atoms with Gasteiger partial charge in [0.2, 0.25) is 11.8 Å². The van der Waals surface area contributed by atoms with Gasteiger partial charge in [-0.3, -0.25) is 9.36 Å². The van der Waals surface area contributed by atoms with Crippen LogP contribution in [-0.4, -0.2) is 73.3 Å². The minimum absolute atomic E-state index is 0.0825. The Bertz CT molecular complexity index is 1420. The quantitative estimate of drug-likeness (QED) is 0.152. The maximum Gasteiger partial charge on any atom is 0.323 e. The summed E-state index contributed by atoms with van der Waals surface area (Å²) >= 11 is 11.9. The lowest BCUT2D eigenvalue weighted by molar-refractivity contribution is -0.149. The number of halogens is 2. The molecular formula is C24H31ClFN6O7PS. The van der Waals surface area contributed by atoms with Gasteiger partial charge in [0.1, 0.15) is 24.0 Å². The fourth-order valence-corrected chi connectivity index (χ4v) is 6.64. The van der Waals surface area contributed by atoms with Crippen LogP contribution in [0.25, 0.3) is 11.2 Å². The van der Waals surface area contributed by atoms with Crippen LogP contribution in [0, 0.1) is 0 Å². The minimum Gasteiger partial charge on any atom is -0.476 e. The highest BCUT2D eigenvalue weighted by molar-refractivity contribution is 8.09. The first-order valence-electron chi connectivity index (χ1n) is 12.7. The largest absolute Gasteiger partial charge is 0.476 e. The third-order valence-electron chi connectivity index (χ3n) is 5.75. The molecule has 1 aliphatic heterocycles. The first-order valence-corrected chi connectivity index (χ1v) is 15.7. The number of ether oxygens (including phenoxy) is 3. The van der Waals surface area contributed by atoms with Gasteiger partial charge in [-0.2, -0.15) is 9.97 Å². The molecular weight excluding hydrogens is 602 g/mol. The standard InChI is InChI=1S/C24H31ClFN6O7PS/c1-5-35-20-17-19(29-23(27)30-20)32(12-28-17)22-24(25,26)18(33)16(38-22)11-36-40(41,39-15-9-7-6-8-10-15)31-14(4)21(34)37-13(2)3/h6-10,12-14,16,18,22,33H,5,11H2,1-4H3,(H,31,41)(H2,27,29,30)/t14-,16-,18-,22-,24+,40?/m1/s1. The number of carbonyl (C=O) groups is 1. The van der Waals surface area contributed by atoms with Gasteiger partial charge < -0.3 is 34.1 Å². The number of nitrogens with two attached hydrogens (primary N) is 1. The van der Waals surface area contributed by atoms with E-state index in [0.29, 0.717) is 5.75 Å². The number of nitrogens with one attached hydrogen (secondary N) is 1. The number of rotatable bonds is 12. The number of carbonyl (C=O) groups excluding carboxylic acids is 1. The Morgan fingerprint density at radius 1 is 1.34 bits per heavy atom. The number of fused-ring (bicyclic) bond motifs is 1. The number of hydrogen-bond acceptors (Lipinski definition) is 12. The second kappa shape index (κ2) is 12.7. The summed E-state index contributed by atoms with van der Waals surface area (Å²) in [7, 11) is 0. The molecule has 13 nitrogen and oxygen atoms in total. The summed E-state index contributed by atoms with van der Waals surface area (Å²) < 4.78 is 45.4. The first kappa shape index (κ1) is 31.3. The van der Waals surface area contributed by atoms with Crippen molar-refractivity contribution in [1.29, 1.82) is 0 Å². The van der Waals surface area contributed by atoms with Gasteiger partial charge in [-0.05, 0) is 51.6 Å². The third kappa shape index (κ3) is 7.05. The molecule has 4 rings (SSSR count). The lowest BCUT2D eigenvalue weighted by Crippen LogP contribution is -2.40. The number of nitrogen functional groups attached to an aromatic ring is 1. The van der Waals surface area contributed by atoms with E-state index in [-0.39, 0.29) is 35.7 Å². The van der Waals surface area contributed by atoms with Crippen LogP contribution >= 0.6 is 18.2 Å². The van der Waals surface area contributed by atoms with Crippen molar-refractivity contribution < 1.29 is 37.5 Å². The number of anilines is 1. The molecule has 1 unspecified atom stereocenters. The van der Waals surface area contributed by atoms with Crippen molar-refractivity contribution in [2.45, 2.75) is 63.4 Å². The van der Waals surface area contributed by atoms with E-state index < -0.39 is 48.8 Å². The lowest BCUT2D eigenvalue weighted by atomic mass is 10.1. The molecule has 224 valence electrons. The summed E-state index contributed by atoms with van der Waals surface area (Å²) in [5.41, 5.74) is 6.09. The molecule has 1 aliphatic rings. The number of para-hydroxylation sites is 1. The Morgan fingerprint density at radius 3 is 2.71 bits per heavy atom. The van der Waals surface area contributed by atoms with Gasteiger partial charge in [0.15, 0.2) is 17.4 Å². The van der Waals surface area contributed by atoms with Crippen molar-refractivity contribution >= 4 is 53.1 Å². The molecule has 0 amide bonds. The number of imidazole rings is 1. The van der Waals surface area contributed by atoms with Crippen LogP contribution in [0.15, 0.2) is 36.7 Å². The van der Waals surface area contributed by atoms with Crippen LogP contribution in [-0.2, 0) is 30.6 Å². The Kier molecular flexibility index (Phi) is 9.69. The molecule has 3 aromatic rings. The Balaban J connectivity index is 1.56. The van der Waals surface area contributed by atoms with Gasteiger partial charge in [-0.1, -0.05) is 29.8 Å². The summed E-state index contributed by atoms with van der Waals surface area (Å²) in [5.74, 6) is -0.255. The average Bonchev–Trinajstić information content (AvgIpc) is 3.41. The Morgan fingerprint density at radius 2 is 2.05 bits per heavy atom. The van der Waals surface area contributed by atoms with Gasteiger partial charge in [-0.15, -0.1) is 0 Å². The predicted molar refractivity (Wildman–Crippen MR) is 152 cm³/mol. The summed E-state index contributed by atoms with van der Waals surface area (Å²) in [6.07, 6.45) is -3.91. The second-order valence-electron chi connectivity index (χ2n) is 9.32. The van der Waals surface area contributed by atoms with E-state index in [0.717, 1.165) is 0 Å². The van der Waals surface area contributed by atoms with Crippen LogP contribution < -0.4 is 20.1 Å². The number of aliphatic hydroxyl groups is 1. The SMILES string of the molecule is CCOc1nc(N)nc2c1ncn2[C@@H]1O[C@H](COP(=S)(N[C@H](C)C(=O)OC(C)C)Oc2ccccc2)[C@@H](O)[C@@]1(F)Cl. The summed E-state index contributed by atoms with van der Waals surface area (Å²) in [5, 5.41) is 10.9. The number of alkyl halides is 2. The van der Waals surface area contributed by atoms with E-state index >= 15 is 4.39 Å².